The van der Waals surface area contributed by atoms with Crippen LogP contribution in [0.3, 0.4) is 0 Å². The third-order valence-corrected chi connectivity index (χ3v) is 6.52. The second kappa shape index (κ2) is 8.30. The molecule has 0 saturated heterocycles. The van der Waals surface area contributed by atoms with Gasteiger partial charge in [-0.15, -0.1) is 21.5 Å². The molecule has 0 atom stereocenters. The maximum atomic E-state index is 5.24. The third kappa shape index (κ3) is 3.96. The highest BCUT2D eigenvalue weighted by atomic mass is 32.2. The molecule has 0 spiro atoms. The third-order valence-electron chi connectivity index (χ3n) is 3.72. The highest BCUT2D eigenvalue weighted by molar-refractivity contribution is 8.01. The summed E-state index contributed by atoms with van der Waals surface area (Å²) in [5.41, 5.74) is 2.29. The molecule has 9 heteroatoms. The molecule has 1 aromatic carbocycles. The average molecular weight is 416 g/mol. The highest BCUT2D eigenvalue weighted by Gasteiger charge is 2.18. The Morgan fingerprint density at radius 1 is 1.15 bits per heavy atom. The molecule has 0 aliphatic rings. The van der Waals surface area contributed by atoms with Crippen LogP contribution in [0.5, 0.6) is 0 Å². The number of nitrogens with zero attached hydrogens (tertiary/aromatic N) is 4. The topological polar surface area (TPSA) is 72.8 Å². The van der Waals surface area contributed by atoms with Gasteiger partial charge in [-0.05, 0) is 24.2 Å². The zero-order chi connectivity index (χ0) is 18.6. The first kappa shape index (κ1) is 18.3. The Kier molecular flexibility index (Phi) is 5.63. The SMILES string of the molecule is CCNc1nnc(Sc2nc(COC)nc3scc(-c4ccccc4)c23)s1. The summed E-state index contributed by atoms with van der Waals surface area (Å²) >= 11 is 4.67. The number of rotatable bonds is 7. The van der Waals surface area contributed by atoms with E-state index in [1.807, 2.05) is 25.1 Å². The smallest absolute Gasteiger partial charge is 0.206 e. The van der Waals surface area contributed by atoms with Crippen molar-refractivity contribution in [3.05, 3.63) is 41.5 Å². The van der Waals surface area contributed by atoms with E-state index in [4.69, 9.17) is 9.72 Å². The number of fused-ring (bicyclic) bond motifs is 1. The second-order valence-electron chi connectivity index (χ2n) is 5.58. The van der Waals surface area contributed by atoms with Crippen LogP contribution in [0.25, 0.3) is 21.3 Å². The van der Waals surface area contributed by atoms with Crippen LogP contribution in [0.1, 0.15) is 12.7 Å². The van der Waals surface area contributed by atoms with Crippen LogP contribution in [0.4, 0.5) is 5.13 Å². The molecule has 6 nitrogen and oxygen atoms in total. The number of aromatic nitrogens is 4. The van der Waals surface area contributed by atoms with Crippen molar-refractivity contribution >= 4 is 49.8 Å². The first-order valence-electron chi connectivity index (χ1n) is 8.36. The fourth-order valence-electron chi connectivity index (χ4n) is 2.61. The van der Waals surface area contributed by atoms with E-state index in [0.29, 0.717) is 12.4 Å². The molecule has 3 heterocycles. The number of hydrogen-bond donors (Lipinski definition) is 1. The van der Waals surface area contributed by atoms with Crippen molar-refractivity contribution in [3.63, 3.8) is 0 Å². The first-order valence-corrected chi connectivity index (χ1v) is 10.9. The molecule has 1 N–H and O–H groups in total. The number of hydrogen-bond acceptors (Lipinski definition) is 9. The van der Waals surface area contributed by atoms with Crippen LogP contribution in [-0.2, 0) is 11.3 Å². The normalized spacial score (nSPS) is 11.2. The maximum absolute atomic E-state index is 5.24. The summed E-state index contributed by atoms with van der Waals surface area (Å²) in [7, 11) is 1.65. The van der Waals surface area contributed by atoms with Gasteiger partial charge in [0.05, 0.1) is 5.39 Å². The van der Waals surface area contributed by atoms with Gasteiger partial charge in [-0.1, -0.05) is 41.7 Å². The van der Waals surface area contributed by atoms with Crippen LogP contribution >= 0.6 is 34.4 Å². The van der Waals surface area contributed by atoms with Crippen molar-refractivity contribution in [1.29, 1.82) is 0 Å². The minimum Gasteiger partial charge on any atom is -0.377 e. The molecule has 0 saturated carbocycles. The fraction of sp³-hybridized carbons (Fsp3) is 0.222. The molecular weight excluding hydrogens is 398 g/mol. The Morgan fingerprint density at radius 3 is 2.78 bits per heavy atom. The lowest BCUT2D eigenvalue weighted by molar-refractivity contribution is 0.177. The Morgan fingerprint density at radius 2 is 2.00 bits per heavy atom. The van der Waals surface area contributed by atoms with E-state index >= 15 is 0 Å². The van der Waals surface area contributed by atoms with Crippen LogP contribution in [-0.4, -0.2) is 33.8 Å². The molecule has 4 rings (SSSR count). The second-order valence-corrected chi connectivity index (χ2v) is 8.65. The molecule has 0 bridgehead atoms. The van der Waals surface area contributed by atoms with Crippen LogP contribution in [0, 0.1) is 0 Å². The lowest BCUT2D eigenvalue weighted by Crippen LogP contribution is -1.98. The van der Waals surface area contributed by atoms with Gasteiger partial charge >= 0.3 is 0 Å². The Bertz CT molecular complexity index is 1050. The van der Waals surface area contributed by atoms with Crippen molar-refractivity contribution in [3.8, 4) is 11.1 Å². The van der Waals surface area contributed by atoms with Gasteiger partial charge in [0.1, 0.15) is 16.5 Å². The highest BCUT2D eigenvalue weighted by Crippen LogP contribution is 2.41. The standard InChI is InChI=1S/C18H17N5OS3/c1-3-19-17-22-23-18(27-17)26-16-14-12(11-7-5-4-6-8-11)10-25-15(14)20-13(21-16)9-24-2/h4-8,10H,3,9H2,1-2H3,(H,19,22). The molecule has 138 valence electrons. The molecule has 0 fully saturated rings. The molecule has 0 amide bonds. The van der Waals surface area contributed by atoms with Gasteiger partial charge in [0, 0.05) is 24.6 Å². The van der Waals surface area contributed by atoms with Crippen molar-refractivity contribution in [2.24, 2.45) is 0 Å². The molecule has 0 aliphatic carbocycles. The lowest BCUT2D eigenvalue weighted by atomic mass is 10.1. The molecule has 0 unspecified atom stereocenters. The predicted molar refractivity (Wildman–Crippen MR) is 112 cm³/mol. The number of ether oxygens (including phenoxy) is 1. The summed E-state index contributed by atoms with van der Waals surface area (Å²) in [4.78, 5) is 10.4. The summed E-state index contributed by atoms with van der Waals surface area (Å²) in [5.74, 6) is 0.672. The molecular formula is C18H17N5OS3. The van der Waals surface area contributed by atoms with E-state index in [1.165, 1.54) is 23.1 Å². The Balaban J connectivity index is 1.81. The summed E-state index contributed by atoms with van der Waals surface area (Å²) < 4.78 is 6.09. The zero-order valence-corrected chi connectivity index (χ0v) is 17.2. The monoisotopic (exact) mass is 415 g/mol. The number of methoxy groups -OCH3 is 1. The summed E-state index contributed by atoms with van der Waals surface area (Å²) in [5, 5.41) is 16.5. The van der Waals surface area contributed by atoms with Gasteiger partial charge in [0.2, 0.25) is 5.13 Å². The zero-order valence-electron chi connectivity index (χ0n) is 14.8. The van der Waals surface area contributed by atoms with E-state index in [2.05, 4.69) is 38.0 Å². The van der Waals surface area contributed by atoms with Gasteiger partial charge < -0.3 is 10.1 Å². The number of nitrogens with one attached hydrogen (secondary N) is 1. The number of anilines is 1. The average Bonchev–Trinajstić information content (AvgIpc) is 3.30. The van der Waals surface area contributed by atoms with Crippen LogP contribution in [0.2, 0.25) is 0 Å². The molecule has 3 aromatic heterocycles. The summed E-state index contributed by atoms with van der Waals surface area (Å²) in [6.07, 6.45) is 0. The Hall–Kier alpha value is -2.07. The molecule has 0 radical (unpaired) electrons. The van der Waals surface area contributed by atoms with E-state index in [1.54, 1.807) is 18.4 Å². The van der Waals surface area contributed by atoms with Gasteiger partial charge in [-0.2, -0.15) is 0 Å². The van der Waals surface area contributed by atoms with Crippen LogP contribution < -0.4 is 5.32 Å². The minimum atomic E-state index is 0.376. The lowest BCUT2D eigenvalue weighted by Gasteiger charge is -2.06. The number of benzene rings is 1. The fourth-order valence-corrected chi connectivity index (χ4v) is 5.53. The van der Waals surface area contributed by atoms with E-state index in [-0.39, 0.29) is 0 Å². The molecule has 27 heavy (non-hydrogen) atoms. The van der Waals surface area contributed by atoms with Gasteiger partial charge in [-0.25, -0.2) is 9.97 Å². The van der Waals surface area contributed by atoms with E-state index in [9.17, 15) is 0 Å². The largest absolute Gasteiger partial charge is 0.377 e. The van der Waals surface area contributed by atoms with E-state index < -0.39 is 0 Å². The molecule has 4 aromatic rings. The van der Waals surface area contributed by atoms with Crippen molar-refractivity contribution < 1.29 is 4.74 Å². The minimum absolute atomic E-state index is 0.376. The maximum Gasteiger partial charge on any atom is 0.206 e. The van der Waals surface area contributed by atoms with Crippen LogP contribution in [0.15, 0.2) is 45.1 Å². The van der Waals surface area contributed by atoms with Gasteiger partial charge in [0.25, 0.3) is 0 Å². The summed E-state index contributed by atoms with van der Waals surface area (Å²) in [6, 6.07) is 10.3. The quantitative estimate of drug-likeness (QED) is 0.429. The first-order chi connectivity index (χ1) is 13.3. The summed E-state index contributed by atoms with van der Waals surface area (Å²) in [6.45, 7) is 3.23. The predicted octanol–water partition coefficient (Wildman–Crippen LogP) is 4.94. The van der Waals surface area contributed by atoms with E-state index in [0.717, 1.165) is 42.4 Å². The van der Waals surface area contributed by atoms with Crippen molar-refractivity contribution in [2.45, 2.75) is 22.9 Å². The van der Waals surface area contributed by atoms with Crippen molar-refractivity contribution in [1.82, 2.24) is 20.2 Å². The Labute approximate surface area is 169 Å². The van der Waals surface area contributed by atoms with Gasteiger partial charge in [-0.3, -0.25) is 0 Å². The molecule has 0 aliphatic heterocycles. The van der Waals surface area contributed by atoms with Crippen molar-refractivity contribution in [2.75, 3.05) is 19.0 Å². The number of thiophene rings is 1. The van der Waals surface area contributed by atoms with Gasteiger partial charge in [0.15, 0.2) is 10.2 Å².